The van der Waals surface area contributed by atoms with Crippen LogP contribution in [0.2, 0.25) is 0 Å². The highest BCUT2D eigenvalue weighted by Gasteiger charge is 2.14. The van der Waals surface area contributed by atoms with Gasteiger partial charge in [0.05, 0.1) is 5.56 Å². The summed E-state index contributed by atoms with van der Waals surface area (Å²) in [5.74, 6) is -2.28. The molecule has 0 aromatic heterocycles. The highest BCUT2D eigenvalue weighted by atomic mass is 19.1. The molecule has 0 radical (unpaired) electrons. The summed E-state index contributed by atoms with van der Waals surface area (Å²) >= 11 is 0. The van der Waals surface area contributed by atoms with Crippen LogP contribution >= 0.6 is 0 Å². The summed E-state index contributed by atoms with van der Waals surface area (Å²) in [7, 11) is 0. The van der Waals surface area contributed by atoms with Crippen LogP contribution in [-0.2, 0) is 0 Å². The number of halogens is 2. The predicted octanol–water partition coefficient (Wildman–Crippen LogP) is 4.63. The largest absolute Gasteiger partial charge is 0.507 e. The molecule has 0 aliphatic heterocycles. The SMILES string of the molecule is CCCCCC=NNC(=O)c1cc(-c2ccc(F)cc2F)ccc1O. The predicted molar refractivity (Wildman–Crippen MR) is 93.6 cm³/mol. The minimum atomic E-state index is -0.744. The summed E-state index contributed by atoms with van der Waals surface area (Å²) in [6, 6.07) is 7.26. The molecule has 25 heavy (non-hydrogen) atoms. The van der Waals surface area contributed by atoms with E-state index in [-0.39, 0.29) is 16.9 Å². The van der Waals surface area contributed by atoms with Gasteiger partial charge in [0.15, 0.2) is 0 Å². The van der Waals surface area contributed by atoms with Gasteiger partial charge in [-0.15, -0.1) is 0 Å². The van der Waals surface area contributed by atoms with Crippen LogP contribution in [0.3, 0.4) is 0 Å². The van der Waals surface area contributed by atoms with Gasteiger partial charge in [-0.1, -0.05) is 25.8 Å². The molecule has 0 aliphatic rings. The van der Waals surface area contributed by atoms with Crippen LogP contribution in [0.5, 0.6) is 5.75 Å². The Morgan fingerprint density at radius 1 is 1.20 bits per heavy atom. The molecule has 0 heterocycles. The number of phenolic OH excluding ortho intramolecular Hbond substituents is 1. The van der Waals surface area contributed by atoms with Crippen LogP contribution < -0.4 is 5.43 Å². The Hall–Kier alpha value is -2.76. The Bertz CT molecular complexity index is 776. The van der Waals surface area contributed by atoms with E-state index in [2.05, 4.69) is 17.5 Å². The van der Waals surface area contributed by atoms with Crippen molar-refractivity contribution in [3.8, 4) is 16.9 Å². The molecular formula is C19H20F2N2O2. The summed E-state index contributed by atoms with van der Waals surface area (Å²) < 4.78 is 26.9. The molecular weight excluding hydrogens is 326 g/mol. The van der Waals surface area contributed by atoms with Crippen molar-refractivity contribution in [1.82, 2.24) is 5.43 Å². The first-order valence-corrected chi connectivity index (χ1v) is 8.13. The quantitative estimate of drug-likeness (QED) is 0.436. The summed E-state index contributed by atoms with van der Waals surface area (Å²) in [5, 5.41) is 13.7. The fourth-order valence-corrected chi connectivity index (χ4v) is 2.32. The van der Waals surface area contributed by atoms with Crippen LogP contribution in [0, 0.1) is 11.6 Å². The van der Waals surface area contributed by atoms with E-state index in [4.69, 9.17) is 0 Å². The first-order chi connectivity index (χ1) is 12.0. The van der Waals surface area contributed by atoms with E-state index in [1.165, 1.54) is 24.3 Å². The zero-order valence-corrected chi connectivity index (χ0v) is 13.9. The molecule has 0 aliphatic carbocycles. The molecule has 4 nitrogen and oxygen atoms in total. The van der Waals surface area contributed by atoms with Crippen molar-refractivity contribution in [3.05, 3.63) is 53.6 Å². The number of phenols is 1. The molecule has 6 heteroatoms. The van der Waals surface area contributed by atoms with Gasteiger partial charge in [-0.3, -0.25) is 4.79 Å². The van der Waals surface area contributed by atoms with Crippen molar-refractivity contribution in [2.24, 2.45) is 5.10 Å². The van der Waals surface area contributed by atoms with Crippen LogP contribution in [0.1, 0.15) is 43.0 Å². The molecule has 132 valence electrons. The second-order valence-corrected chi connectivity index (χ2v) is 5.60. The maximum absolute atomic E-state index is 13.9. The number of nitrogens with zero attached hydrogens (tertiary/aromatic N) is 1. The summed E-state index contributed by atoms with van der Waals surface area (Å²) in [5.41, 5.74) is 2.79. The van der Waals surface area contributed by atoms with Crippen molar-refractivity contribution in [2.75, 3.05) is 0 Å². The van der Waals surface area contributed by atoms with Crippen molar-refractivity contribution < 1.29 is 18.7 Å². The van der Waals surface area contributed by atoms with E-state index in [0.29, 0.717) is 5.56 Å². The Morgan fingerprint density at radius 2 is 2.00 bits per heavy atom. The first-order valence-electron chi connectivity index (χ1n) is 8.13. The lowest BCUT2D eigenvalue weighted by atomic mass is 10.0. The molecule has 2 rings (SSSR count). The van der Waals surface area contributed by atoms with Gasteiger partial charge in [0.1, 0.15) is 17.4 Å². The second kappa shape index (κ2) is 8.92. The fraction of sp³-hybridized carbons (Fsp3) is 0.263. The van der Waals surface area contributed by atoms with Gasteiger partial charge in [0.2, 0.25) is 0 Å². The summed E-state index contributed by atoms with van der Waals surface area (Å²) in [4.78, 5) is 12.1. The lowest BCUT2D eigenvalue weighted by Gasteiger charge is -2.08. The second-order valence-electron chi connectivity index (χ2n) is 5.60. The summed E-state index contributed by atoms with van der Waals surface area (Å²) in [6.07, 6.45) is 5.53. The fourth-order valence-electron chi connectivity index (χ4n) is 2.32. The standard InChI is InChI=1S/C19H20F2N2O2/c1-2-3-4-5-10-22-23-19(25)16-11-13(6-9-18(16)24)15-8-7-14(20)12-17(15)21/h6-12,24H,2-5H2,1H3,(H,23,25). The number of hydrogen-bond acceptors (Lipinski definition) is 3. The van der Waals surface area contributed by atoms with E-state index >= 15 is 0 Å². The van der Waals surface area contributed by atoms with Gasteiger partial charge in [-0.25, -0.2) is 14.2 Å². The minimum Gasteiger partial charge on any atom is -0.507 e. The third kappa shape index (κ3) is 5.11. The Morgan fingerprint density at radius 3 is 2.72 bits per heavy atom. The Kier molecular flexibility index (Phi) is 6.62. The third-order valence-corrected chi connectivity index (χ3v) is 3.68. The number of amides is 1. The van der Waals surface area contributed by atoms with Crippen LogP contribution in [0.4, 0.5) is 8.78 Å². The van der Waals surface area contributed by atoms with Crippen molar-refractivity contribution in [3.63, 3.8) is 0 Å². The number of nitrogens with one attached hydrogen (secondary N) is 1. The average molecular weight is 346 g/mol. The van der Waals surface area contributed by atoms with Gasteiger partial charge in [-0.05, 0) is 42.7 Å². The molecule has 2 aromatic carbocycles. The number of benzene rings is 2. The van der Waals surface area contributed by atoms with E-state index in [1.807, 2.05) is 0 Å². The number of carbonyl (C=O) groups excluding carboxylic acids is 1. The zero-order valence-electron chi connectivity index (χ0n) is 13.9. The monoisotopic (exact) mass is 346 g/mol. The van der Waals surface area contributed by atoms with Gasteiger partial charge >= 0.3 is 0 Å². The number of aromatic hydroxyl groups is 1. The lowest BCUT2D eigenvalue weighted by Crippen LogP contribution is -2.17. The number of carbonyl (C=O) groups is 1. The molecule has 0 spiro atoms. The maximum Gasteiger partial charge on any atom is 0.275 e. The number of hydrazone groups is 1. The molecule has 0 saturated carbocycles. The number of hydrogen-bond donors (Lipinski definition) is 2. The maximum atomic E-state index is 13.9. The Balaban J connectivity index is 2.14. The van der Waals surface area contributed by atoms with Crippen molar-refractivity contribution in [1.29, 1.82) is 0 Å². The lowest BCUT2D eigenvalue weighted by molar-refractivity contribution is 0.0952. The molecule has 1 amide bonds. The van der Waals surface area contributed by atoms with E-state index in [1.54, 1.807) is 6.21 Å². The molecule has 0 bridgehead atoms. The van der Waals surface area contributed by atoms with Gasteiger partial charge in [-0.2, -0.15) is 5.10 Å². The normalized spacial score (nSPS) is 11.0. The van der Waals surface area contributed by atoms with Gasteiger partial charge in [0, 0.05) is 17.8 Å². The zero-order chi connectivity index (χ0) is 18.2. The van der Waals surface area contributed by atoms with E-state index in [0.717, 1.165) is 37.8 Å². The van der Waals surface area contributed by atoms with Crippen LogP contribution in [-0.4, -0.2) is 17.2 Å². The number of unbranched alkanes of at least 4 members (excludes halogenated alkanes) is 3. The molecule has 2 N–H and O–H groups in total. The van der Waals surface area contributed by atoms with Crippen LogP contribution in [0.25, 0.3) is 11.1 Å². The highest BCUT2D eigenvalue weighted by molar-refractivity contribution is 5.98. The molecule has 0 unspecified atom stereocenters. The van der Waals surface area contributed by atoms with Gasteiger partial charge < -0.3 is 5.11 Å². The molecule has 0 atom stereocenters. The molecule has 2 aromatic rings. The first kappa shape index (κ1) is 18.6. The molecule has 0 fully saturated rings. The van der Waals surface area contributed by atoms with Crippen molar-refractivity contribution >= 4 is 12.1 Å². The summed E-state index contributed by atoms with van der Waals surface area (Å²) in [6.45, 7) is 2.10. The minimum absolute atomic E-state index is 0.0352. The average Bonchev–Trinajstić information content (AvgIpc) is 2.58. The number of rotatable bonds is 7. The third-order valence-electron chi connectivity index (χ3n) is 3.68. The highest BCUT2D eigenvalue weighted by Crippen LogP contribution is 2.28. The molecule has 0 saturated heterocycles. The van der Waals surface area contributed by atoms with Crippen LogP contribution in [0.15, 0.2) is 41.5 Å². The van der Waals surface area contributed by atoms with E-state index < -0.39 is 17.5 Å². The van der Waals surface area contributed by atoms with E-state index in [9.17, 15) is 18.7 Å². The van der Waals surface area contributed by atoms with Gasteiger partial charge in [0.25, 0.3) is 5.91 Å². The topological polar surface area (TPSA) is 61.7 Å². The Labute approximate surface area is 145 Å². The smallest absolute Gasteiger partial charge is 0.275 e. The van der Waals surface area contributed by atoms with Crippen molar-refractivity contribution in [2.45, 2.75) is 32.6 Å².